The van der Waals surface area contributed by atoms with Crippen LogP contribution in [-0.2, 0) is 38.6 Å². The zero-order chi connectivity index (χ0) is 35.7. The number of nitrogens with two attached hydrogens (primary N) is 1. The second-order valence-electron chi connectivity index (χ2n) is 11.3. The van der Waals surface area contributed by atoms with Crippen molar-refractivity contribution in [3.8, 4) is 0 Å². The van der Waals surface area contributed by atoms with Crippen LogP contribution in [0.5, 0.6) is 0 Å². The summed E-state index contributed by atoms with van der Waals surface area (Å²) in [5.74, 6) is -2.17. The molecule has 0 spiro atoms. The third-order valence-electron chi connectivity index (χ3n) is 7.32. The highest BCUT2D eigenvalue weighted by molar-refractivity contribution is 5.97. The van der Waals surface area contributed by atoms with Crippen LogP contribution < -0.4 is 27.2 Å². The number of ether oxygens (including phenoxy) is 2. The lowest BCUT2D eigenvalue weighted by Crippen LogP contribution is -2.41. The number of aliphatic carboxylic acids is 1. The highest BCUT2D eigenvalue weighted by Crippen LogP contribution is 2.12. The van der Waals surface area contributed by atoms with E-state index in [1.165, 1.54) is 18.3 Å². The molecule has 18 nitrogen and oxygen atoms in total. The number of carbonyl (C=O) groups is 3. The molecule has 268 valence electrons. The van der Waals surface area contributed by atoms with Crippen molar-refractivity contribution in [1.82, 2.24) is 45.6 Å². The molecule has 0 unspecified atom stereocenters. The van der Waals surface area contributed by atoms with Gasteiger partial charge in [0.2, 0.25) is 11.9 Å². The predicted molar refractivity (Wildman–Crippen MR) is 182 cm³/mol. The number of nitrogens with one attached hydrogen (secondary N) is 4. The lowest BCUT2D eigenvalue weighted by atomic mass is 10.1. The topological polar surface area (TPSA) is 254 Å². The molecule has 7 N–H and O–H groups in total. The molecule has 2 amide bonds. The first-order valence-electron chi connectivity index (χ1n) is 16.4. The van der Waals surface area contributed by atoms with E-state index in [9.17, 15) is 24.3 Å². The van der Waals surface area contributed by atoms with Gasteiger partial charge in [0.25, 0.3) is 11.5 Å². The van der Waals surface area contributed by atoms with Crippen molar-refractivity contribution in [2.45, 2.75) is 64.6 Å². The van der Waals surface area contributed by atoms with Gasteiger partial charge in [-0.1, -0.05) is 12.1 Å². The SMILES string of the molecule is CCCOCCOCCn1cc(CCCCNC(=O)CC[C@H](NC(=O)c2ccc(NCc3cnc4nc(N)[nH]c(=O)c4n3)cc2)C(=O)O)nn1. The molecule has 0 aliphatic carbocycles. The molecule has 0 radical (unpaired) electrons. The number of nitrogens with zero attached hydrogens (tertiary/aromatic N) is 6. The zero-order valence-corrected chi connectivity index (χ0v) is 27.9. The van der Waals surface area contributed by atoms with Crippen molar-refractivity contribution in [2.24, 2.45) is 0 Å². The van der Waals surface area contributed by atoms with Crippen molar-refractivity contribution in [3.05, 3.63) is 64.0 Å². The van der Waals surface area contributed by atoms with Gasteiger partial charge in [0.15, 0.2) is 11.2 Å². The average Bonchev–Trinajstić information content (AvgIpc) is 3.56. The minimum absolute atomic E-state index is 0.0496. The Hall–Kier alpha value is -5.49. The fraction of sp³-hybridized carbons (Fsp3) is 0.469. The molecule has 50 heavy (non-hydrogen) atoms. The van der Waals surface area contributed by atoms with E-state index < -0.39 is 23.5 Å². The number of hydrogen-bond donors (Lipinski definition) is 6. The summed E-state index contributed by atoms with van der Waals surface area (Å²) in [6.45, 7) is 5.70. The number of unbranched alkanes of at least 4 members (excludes halogenated alkanes) is 1. The summed E-state index contributed by atoms with van der Waals surface area (Å²) in [6.07, 6.45) is 6.42. The fourth-order valence-corrected chi connectivity index (χ4v) is 4.70. The van der Waals surface area contributed by atoms with Gasteiger partial charge >= 0.3 is 5.97 Å². The van der Waals surface area contributed by atoms with Crippen LogP contribution in [-0.4, -0.2) is 96.8 Å². The minimum atomic E-state index is -1.24. The van der Waals surface area contributed by atoms with Gasteiger partial charge in [-0.05, 0) is 56.4 Å². The number of carboxylic acids is 1. The lowest BCUT2D eigenvalue weighted by Gasteiger charge is -2.15. The highest BCUT2D eigenvalue weighted by Gasteiger charge is 2.22. The number of anilines is 2. The molecule has 0 aliphatic rings. The number of hydrogen-bond acceptors (Lipinski definition) is 13. The molecule has 0 bridgehead atoms. The summed E-state index contributed by atoms with van der Waals surface area (Å²) in [5, 5.41) is 26.3. The van der Waals surface area contributed by atoms with Crippen molar-refractivity contribution in [2.75, 3.05) is 44.0 Å². The van der Waals surface area contributed by atoms with Crippen molar-refractivity contribution in [1.29, 1.82) is 0 Å². The van der Waals surface area contributed by atoms with Crippen LogP contribution in [0.4, 0.5) is 11.6 Å². The molecule has 4 rings (SSSR count). The number of aromatic amines is 1. The maximum Gasteiger partial charge on any atom is 0.326 e. The number of carbonyl (C=O) groups excluding carboxylic acids is 2. The number of nitrogen functional groups attached to an aromatic ring is 1. The molecular weight excluding hydrogens is 650 g/mol. The molecule has 4 aromatic rings. The monoisotopic (exact) mass is 693 g/mol. The van der Waals surface area contributed by atoms with Gasteiger partial charge in [0.05, 0.1) is 50.5 Å². The Morgan fingerprint density at radius 2 is 1.82 bits per heavy atom. The van der Waals surface area contributed by atoms with Crippen LogP contribution in [0.15, 0.2) is 41.5 Å². The predicted octanol–water partition coefficient (Wildman–Crippen LogP) is 1.04. The Labute approximate surface area is 287 Å². The first-order valence-corrected chi connectivity index (χ1v) is 16.4. The van der Waals surface area contributed by atoms with E-state index >= 15 is 0 Å². The number of aryl methyl sites for hydroxylation is 1. The van der Waals surface area contributed by atoms with E-state index in [2.05, 4.69) is 53.1 Å². The second-order valence-corrected chi connectivity index (χ2v) is 11.3. The summed E-state index contributed by atoms with van der Waals surface area (Å²) < 4.78 is 12.6. The van der Waals surface area contributed by atoms with E-state index in [0.717, 1.165) is 25.1 Å². The Bertz CT molecular complexity index is 1760. The first kappa shape index (κ1) is 37.3. The Balaban J connectivity index is 1.11. The standard InChI is InChI=1S/C32H43N11O7/c1-2-14-49-16-17-50-15-13-43-20-23(41-42-43)5-3-4-12-34-26(44)11-10-25(31(47)48)38-29(45)21-6-8-22(9-7-21)35-18-24-19-36-28-27(37-24)30(46)40-32(33)39-28/h6-9,19-20,25,35H,2-5,10-18H2,1H3,(H,34,44)(H,38,45)(H,47,48)(H3,33,36,39,40,46)/t25-/m0/s1. The normalized spacial score (nSPS) is 11.7. The summed E-state index contributed by atoms with van der Waals surface area (Å²) in [4.78, 5) is 63.7. The molecule has 3 aromatic heterocycles. The van der Waals surface area contributed by atoms with E-state index in [-0.39, 0.29) is 48.0 Å². The maximum absolute atomic E-state index is 12.8. The van der Waals surface area contributed by atoms with E-state index in [1.54, 1.807) is 16.8 Å². The largest absolute Gasteiger partial charge is 0.480 e. The van der Waals surface area contributed by atoms with Gasteiger partial charge in [-0.2, -0.15) is 4.98 Å². The first-order chi connectivity index (χ1) is 24.2. The molecule has 18 heteroatoms. The van der Waals surface area contributed by atoms with Crippen LogP contribution in [0.1, 0.15) is 60.8 Å². The number of rotatable bonds is 22. The smallest absolute Gasteiger partial charge is 0.326 e. The maximum atomic E-state index is 12.8. The Morgan fingerprint density at radius 3 is 2.58 bits per heavy atom. The van der Waals surface area contributed by atoms with Gasteiger partial charge in [-0.15, -0.1) is 5.10 Å². The molecule has 0 saturated heterocycles. The molecule has 3 heterocycles. The quantitative estimate of drug-likeness (QED) is 0.0629. The third-order valence-corrected chi connectivity index (χ3v) is 7.32. The summed E-state index contributed by atoms with van der Waals surface area (Å²) in [7, 11) is 0. The molecule has 0 saturated carbocycles. The van der Waals surface area contributed by atoms with Crippen LogP contribution in [0, 0.1) is 0 Å². The van der Waals surface area contributed by atoms with Crippen molar-refractivity contribution >= 4 is 40.6 Å². The number of benzene rings is 1. The van der Waals surface area contributed by atoms with E-state index in [1.807, 2.05) is 6.20 Å². The minimum Gasteiger partial charge on any atom is -0.480 e. The molecular formula is C32H43N11O7. The number of carboxylic acid groups (broad SMARTS) is 1. The van der Waals surface area contributed by atoms with Crippen LogP contribution in [0.2, 0.25) is 0 Å². The zero-order valence-electron chi connectivity index (χ0n) is 27.9. The average molecular weight is 694 g/mol. The van der Waals surface area contributed by atoms with Gasteiger partial charge < -0.3 is 36.3 Å². The molecule has 1 aromatic carbocycles. The van der Waals surface area contributed by atoms with Gasteiger partial charge in [0.1, 0.15) is 6.04 Å². The van der Waals surface area contributed by atoms with E-state index in [0.29, 0.717) is 57.1 Å². The molecule has 0 aliphatic heterocycles. The van der Waals surface area contributed by atoms with Crippen LogP contribution in [0.3, 0.4) is 0 Å². The van der Waals surface area contributed by atoms with Gasteiger partial charge in [-0.25, -0.2) is 19.4 Å². The second kappa shape index (κ2) is 19.5. The summed E-state index contributed by atoms with van der Waals surface area (Å²) in [6, 6.07) is 5.12. The lowest BCUT2D eigenvalue weighted by molar-refractivity contribution is -0.139. The van der Waals surface area contributed by atoms with Gasteiger partial charge in [-0.3, -0.25) is 19.4 Å². The number of aromatic nitrogens is 7. The number of fused-ring (bicyclic) bond motifs is 1. The van der Waals surface area contributed by atoms with E-state index in [4.69, 9.17) is 15.2 Å². The Morgan fingerprint density at radius 1 is 1.04 bits per heavy atom. The number of H-pyrrole nitrogens is 1. The Kier molecular flexibility index (Phi) is 14.6. The van der Waals surface area contributed by atoms with Gasteiger partial charge in [0, 0.05) is 37.0 Å². The van der Waals surface area contributed by atoms with Crippen molar-refractivity contribution in [3.63, 3.8) is 0 Å². The fourth-order valence-electron chi connectivity index (χ4n) is 4.70. The summed E-state index contributed by atoms with van der Waals surface area (Å²) in [5.41, 5.74) is 7.46. The summed E-state index contributed by atoms with van der Waals surface area (Å²) >= 11 is 0. The van der Waals surface area contributed by atoms with Crippen molar-refractivity contribution < 1.29 is 29.0 Å². The molecule has 1 atom stereocenters. The van der Waals surface area contributed by atoms with Crippen LogP contribution in [0.25, 0.3) is 11.2 Å². The highest BCUT2D eigenvalue weighted by atomic mass is 16.5. The molecule has 0 fully saturated rings. The number of amides is 2. The third kappa shape index (κ3) is 12.2. The van der Waals surface area contributed by atoms with Crippen LogP contribution >= 0.6 is 0 Å².